The van der Waals surface area contributed by atoms with Crippen molar-refractivity contribution in [1.29, 1.82) is 0 Å². The minimum Gasteiger partial charge on any atom is -0.450 e. The first-order chi connectivity index (χ1) is 10.7. The summed E-state index contributed by atoms with van der Waals surface area (Å²) in [6, 6.07) is 1.14. The quantitative estimate of drug-likeness (QED) is 0.662. The van der Waals surface area contributed by atoms with Crippen molar-refractivity contribution in [2.45, 2.75) is 89.6 Å². The molecule has 1 aliphatic rings. The van der Waals surface area contributed by atoms with Crippen molar-refractivity contribution in [2.75, 3.05) is 13.7 Å². The first-order valence-electron chi connectivity index (χ1n) is 9.39. The molecule has 1 amide bonds. The number of carbonyl (C=O) groups is 1. The van der Waals surface area contributed by atoms with Gasteiger partial charge in [-0.25, -0.2) is 4.79 Å². The number of likely N-dealkylation sites (N-methyl/N-ethyl adjacent to an activating group) is 1. The van der Waals surface area contributed by atoms with E-state index in [1.807, 2.05) is 7.05 Å². The molecular formula is C18H38N2O2Si. The Labute approximate surface area is 144 Å². The highest BCUT2D eigenvalue weighted by Crippen LogP contribution is 2.28. The smallest absolute Gasteiger partial charge is 0.409 e. The number of hydrogen-bond donors (Lipinski definition) is 1. The summed E-state index contributed by atoms with van der Waals surface area (Å²) in [6.07, 6.45) is 8.34. The average molecular weight is 343 g/mol. The molecule has 2 N–H and O–H groups in total. The fourth-order valence-corrected chi connectivity index (χ4v) is 4.22. The largest absolute Gasteiger partial charge is 0.450 e. The lowest BCUT2D eigenvalue weighted by Gasteiger charge is -2.34. The Hall–Kier alpha value is -0.553. The molecule has 0 heterocycles. The molecule has 1 saturated carbocycles. The van der Waals surface area contributed by atoms with E-state index < -0.39 is 8.07 Å². The molecule has 4 nitrogen and oxygen atoms in total. The van der Waals surface area contributed by atoms with Crippen LogP contribution in [0, 0.1) is 5.92 Å². The molecule has 0 spiro atoms. The van der Waals surface area contributed by atoms with Crippen LogP contribution in [-0.4, -0.2) is 44.8 Å². The van der Waals surface area contributed by atoms with Crippen molar-refractivity contribution in [2.24, 2.45) is 11.7 Å². The first-order valence-corrected chi connectivity index (χ1v) is 13.1. The maximum Gasteiger partial charge on any atom is 0.409 e. The van der Waals surface area contributed by atoms with Gasteiger partial charge in [-0.05, 0) is 24.8 Å². The highest BCUT2D eigenvalue weighted by molar-refractivity contribution is 6.76. The highest BCUT2D eigenvalue weighted by atomic mass is 28.3. The van der Waals surface area contributed by atoms with Crippen LogP contribution in [0.4, 0.5) is 4.79 Å². The normalized spacial score (nSPS) is 19.2. The number of amides is 1. The van der Waals surface area contributed by atoms with E-state index in [4.69, 9.17) is 10.5 Å². The van der Waals surface area contributed by atoms with Crippen molar-refractivity contribution < 1.29 is 9.53 Å². The van der Waals surface area contributed by atoms with Crippen LogP contribution in [0.25, 0.3) is 0 Å². The average Bonchev–Trinajstić information content (AvgIpc) is 2.47. The molecule has 2 unspecified atom stereocenters. The van der Waals surface area contributed by atoms with Crippen LogP contribution in [0.15, 0.2) is 0 Å². The standard InChI is InChI=1S/C18H38N2O2Si/c1-6-17(16(19)14-15-10-8-7-9-11-15)20(2)18(21)22-12-13-23(3,4)5/h15-17H,6-14,19H2,1-5H3. The van der Waals surface area contributed by atoms with Crippen molar-refractivity contribution in [3.63, 3.8) is 0 Å². The molecular weight excluding hydrogens is 304 g/mol. The van der Waals surface area contributed by atoms with Gasteiger partial charge in [-0.1, -0.05) is 58.7 Å². The van der Waals surface area contributed by atoms with Gasteiger partial charge in [-0.3, -0.25) is 0 Å². The third-order valence-electron chi connectivity index (χ3n) is 5.11. The Kier molecular flexibility index (Phi) is 8.62. The van der Waals surface area contributed by atoms with Crippen molar-refractivity contribution in [3.8, 4) is 0 Å². The topological polar surface area (TPSA) is 55.6 Å². The van der Waals surface area contributed by atoms with E-state index in [0.29, 0.717) is 6.61 Å². The molecule has 23 heavy (non-hydrogen) atoms. The zero-order valence-corrected chi connectivity index (χ0v) is 16.9. The fraction of sp³-hybridized carbons (Fsp3) is 0.944. The van der Waals surface area contributed by atoms with Crippen molar-refractivity contribution >= 4 is 14.2 Å². The van der Waals surface area contributed by atoms with Gasteiger partial charge in [0, 0.05) is 27.2 Å². The molecule has 0 radical (unpaired) electrons. The second-order valence-corrected chi connectivity index (χ2v) is 14.0. The van der Waals surface area contributed by atoms with E-state index in [2.05, 4.69) is 26.6 Å². The SMILES string of the molecule is CCC(C(N)CC1CCCCC1)N(C)C(=O)OCC[Si](C)(C)C. The Morgan fingerprint density at radius 1 is 1.26 bits per heavy atom. The summed E-state index contributed by atoms with van der Waals surface area (Å²) in [7, 11) is 0.673. The van der Waals surface area contributed by atoms with Gasteiger partial charge in [0.1, 0.15) is 0 Å². The summed E-state index contributed by atoms with van der Waals surface area (Å²) in [5.41, 5.74) is 6.45. The van der Waals surface area contributed by atoms with E-state index in [9.17, 15) is 4.79 Å². The molecule has 0 aromatic heterocycles. The zero-order chi connectivity index (χ0) is 17.5. The zero-order valence-electron chi connectivity index (χ0n) is 15.9. The van der Waals surface area contributed by atoms with Gasteiger partial charge in [0.2, 0.25) is 0 Å². The molecule has 1 aliphatic carbocycles. The number of nitrogens with zero attached hydrogens (tertiary/aromatic N) is 1. The Morgan fingerprint density at radius 2 is 1.87 bits per heavy atom. The molecule has 0 bridgehead atoms. The highest BCUT2D eigenvalue weighted by Gasteiger charge is 2.28. The van der Waals surface area contributed by atoms with Gasteiger partial charge in [-0.2, -0.15) is 0 Å². The van der Waals surface area contributed by atoms with Crippen LogP contribution in [0.5, 0.6) is 0 Å². The van der Waals surface area contributed by atoms with Crippen LogP contribution in [0.3, 0.4) is 0 Å². The third-order valence-corrected chi connectivity index (χ3v) is 6.81. The second kappa shape index (κ2) is 9.67. The van der Waals surface area contributed by atoms with Crippen LogP contribution >= 0.6 is 0 Å². The molecule has 2 atom stereocenters. The molecule has 5 heteroatoms. The number of hydrogen-bond acceptors (Lipinski definition) is 3. The van der Waals surface area contributed by atoms with Crippen LogP contribution < -0.4 is 5.73 Å². The van der Waals surface area contributed by atoms with E-state index in [0.717, 1.165) is 24.8 Å². The number of rotatable bonds is 8. The maximum absolute atomic E-state index is 12.3. The number of ether oxygens (including phenoxy) is 1. The van der Waals surface area contributed by atoms with E-state index in [-0.39, 0.29) is 18.2 Å². The minimum atomic E-state index is -1.17. The van der Waals surface area contributed by atoms with Crippen LogP contribution in [0.2, 0.25) is 25.7 Å². The van der Waals surface area contributed by atoms with Gasteiger partial charge in [0.25, 0.3) is 0 Å². The monoisotopic (exact) mass is 342 g/mol. The summed E-state index contributed by atoms with van der Waals surface area (Å²) in [5.74, 6) is 0.740. The Balaban J connectivity index is 2.45. The van der Waals surface area contributed by atoms with E-state index in [1.54, 1.807) is 4.90 Å². The number of carbonyl (C=O) groups excluding carboxylic acids is 1. The summed E-state index contributed by atoms with van der Waals surface area (Å²) in [5, 5.41) is 0. The van der Waals surface area contributed by atoms with E-state index in [1.165, 1.54) is 32.1 Å². The lowest BCUT2D eigenvalue weighted by atomic mass is 9.83. The lowest BCUT2D eigenvalue weighted by Crippen LogP contribution is -2.49. The molecule has 1 rings (SSSR count). The molecule has 0 aromatic rings. The first kappa shape index (κ1) is 20.5. The summed E-state index contributed by atoms with van der Waals surface area (Å²) >= 11 is 0. The third kappa shape index (κ3) is 7.70. The van der Waals surface area contributed by atoms with E-state index >= 15 is 0 Å². The predicted octanol–water partition coefficient (Wildman–Crippen LogP) is 4.47. The van der Waals surface area contributed by atoms with Gasteiger partial charge < -0.3 is 15.4 Å². The Morgan fingerprint density at radius 3 is 2.39 bits per heavy atom. The van der Waals surface area contributed by atoms with Gasteiger partial charge >= 0.3 is 6.09 Å². The van der Waals surface area contributed by atoms with Gasteiger partial charge in [0.15, 0.2) is 0 Å². The van der Waals surface area contributed by atoms with Crippen LogP contribution in [-0.2, 0) is 4.74 Å². The van der Waals surface area contributed by atoms with Gasteiger partial charge in [0.05, 0.1) is 6.61 Å². The maximum atomic E-state index is 12.3. The summed E-state index contributed by atoms with van der Waals surface area (Å²) < 4.78 is 5.47. The predicted molar refractivity (Wildman–Crippen MR) is 101 cm³/mol. The molecule has 0 saturated heterocycles. The van der Waals surface area contributed by atoms with Crippen LogP contribution in [0.1, 0.15) is 51.9 Å². The molecule has 0 aliphatic heterocycles. The fourth-order valence-electron chi connectivity index (χ4n) is 3.51. The molecule has 1 fully saturated rings. The minimum absolute atomic E-state index is 0.0534. The van der Waals surface area contributed by atoms with Crippen molar-refractivity contribution in [1.82, 2.24) is 4.90 Å². The van der Waals surface area contributed by atoms with Crippen molar-refractivity contribution in [3.05, 3.63) is 0 Å². The number of nitrogens with two attached hydrogens (primary N) is 1. The molecule has 0 aromatic carbocycles. The Bertz CT molecular complexity index is 351. The molecule has 136 valence electrons. The second-order valence-electron chi connectivity index (χ2n) is 8.42. The summed E-state index contributed by atoms with van der Waals surface area (Å²) in [4.78, 5) is 14.0. The lowest BCUT2D eigenvalue weighted by molar-refractivity contribution is 0.0915. The van der Waals surface area contributed by atoms with Gasteiger partial charge in [-0.15, -0.1) is 0 Å². The summed E-state index contributed by atoms with van der Waals surface area (Å²) in [6.45, 7) is 9.52.